The molecule has 0 saturated heterocycles. The summed E-state index contributed by atoms with van der Waals surface area (Å²) in [5, 5.41) is 0. The zero-order chi connectivity index (χ0) is 25.6. The first-order valence-electron chi connectivity index (χ1n) is 11.3. The van der Waals surface area contributed by atoms with E-state index in [0.29, 0.717) is 18.0 Å². The van der Waals surface area contributed by atoms with E-state index in [0.717, 1.165) is 24.2 Å². The van der Waals surface area contributed by atoms with Crippen molar-refractivity contribution in [3.05, 3.63) is 82.8 Å². The van der Waals surface area contributed by atoms with Crippen molar-refractivity contribution in [3.63, 3.8) is 0 Å². The molecule has 0 radical (unpaired) electrons. The number of furan rings is 1. The molecule has 0 atom stereocenters. The van der Waals surface area contributed by atoms with Gasteiger partial charge in [0.2, 0.25) is 0 Å². The first kappa shape index (κ1) is 26.0. The molecule has 3 rings (SSSR count). The van der Waals surface area contributed by atoms with Gasteiger partial charge in [-0.25, -0.2) is 8.42 Å². The van der Waals surface area contributed by atoms with Gasteiger partial charge in [-0.3, -0.25) is 30.1 Å². The van der Waals surface area contributed by atoms with E-state index in [4.69, 9.17) is 4.42 Å². The Kier molecular flexibility index (Phi) is 8.31. The quantitative estimate of drug-likeness (QED) is 0.388. The topological polar surface area (TPSA) is 121 Å². The van der Waals surface area contributed by atoms with E-state index in [1.165, 1.54) is 24.3 Å². The fraction of sp³-hybridized carbons (Fsp3) is 0.280. The molecule has 0 saturated carbocycles. The maximum absolute atomic E-state index is 12.7. The van der Waals surface area contributed by atoms with E-state index in [9.17, 15) is 18.0 Å². The Morgan fingerprint density at radius 1 is 0.886 bits per heavy atom. The highest BCUT2D eigenvalue weighted by Gasteiger charge is 2.18. The molecule has 0 unspecified atom stereocenters. The number of hydrogen-bond acceptors (Lipinski definition) is 6. The Labute approximate surface area is 205 Å². The fourth-order valence-electron chi connectivity index (χ4n) is 3.35. The maximum Gasteiger partial charge on any atom is 0.305 e. The largest absolute Gasteiger partial charge is 0.454 e. The van der Waals surface area contributed by atoms with Crippen molar-refractivity contribution in [2.45, 2.75) is 39.1 Å². The number of benzene rings is 2. The second-order valence-electron chi connectivity index (χ2n) is 8.01. The molecule has 2 amide bonds. The van der Waals surface area contributed by atoms with E-state index >= 15 is 0 Å². The zero-order valence-corrected chi connectivity index (χ0v) is 21.0. The number of carbonyl (C=O) groups is 2. The molecule has 3 aromatic rings. The molecule has 0 aliphatic heterocycles. The smallest absolute Gasteiger partial charge is 0.305 e. The zero-order valence-electron chi connectivity index (χ0n) is 20.2. The standard InChI is InChI=1S/C25H30N4O5S/c1-5-29(6-2)16-20-12-15-23(34-20)25(31)27-26-24(30)19-10-13-21(14-11-19)35(32,33)28-22-9-7-8-17(3)18(22)4/h7-15,28H,5-6,16H2,1-4H3,(H,26,30)(H,27,31). The van der Waals surface area contributed by atoms with Crippen LogP contribution in [0.25, 0.3) is 0 Å². The predicted molar refractivity (Wildman–Crippen MR) is 133 cm³/mol. The van der Waals surface area contributed by atoms with Crippen molar-refractivity contribution < 1.29 is 22.4 Å². The van der Waals surface area contributed by atoms with Crippen molar-refractivity contribution in [2.24, 2.45) is 0 Å². The van der Waals surface area contributed by atoms with E-state index in [2.05, 4.69) is 20.5 Å². The van der Waals surface area contributed by atoms with Gasteiger partial charge in [-0.05, 0) is 80.5 Å². The van der Waals surface area contributed by atoms with Gasteiger partial charge in [-0.15, -0.1) is 0 Å². The molecule has 9 nitrogen and oxygen atoms in total. The van der Waals surface area contributed by atoms with Crippen LogP contribution in [0, 0.1) is 13.8 Å². The van der Waals surface area contributed by atoms with Gasteiger partial charge in [0.25, 0.3) is 15.9 Å². The first-order chi connectivity index (χ1) is 16.6. The van der Waals surface area contributed by atoms with Gasteiger partial charge in [0.15, 0.2) is 5.76 Å². The Hall–Kier alpha value is -3.63. The van der Waals surface area contributed by atoms with Gasteiger partial charge in [0, 0.05) is 5.56 Å². The predicted octanol–water partition coefficient (Wildman–Crippen LogP) is 3.61. The normalized spacial score (nSPS) is 11.3. The Balaban J connectivity index is 1.59. The van der Waals surface area contributed by atoms with Crippen LogP contribution in [0.2, 0.25) is 0 Å². The lowest BCUT2D eigenvalue weighted by Gasteiger charge is -2.15. The minimum absolute atomic E-state index is 0.00955. The van der Waals surface area contributed by atoms with E-state index in [1.54, 1.807) is 24.3 Å². The molecule has 3 N–H and O–H groups in total. The van der Waals surface area contributed by atoms with E-state index in [-0.39, 0.29) is 16.2 Å². The van der Waals surface area contributed by atoms with Crippen molar-refractivity contribution >= 4 is 27.5 Å². The second kappa shape index (κ2) is 11.2. The number of aryl methyl sites for hydroxylation is 1. The van der Waals surface area contributed by atoms with Crippen molar-refractivity contribution in [3.8, 4) is 0 Å². The average Bonchev–Trinajstić information content (AvgIpc) is 3.32. The lowest BCUT2D eigenvalue weighted by atomic mass is 10.1. The molecule has 186 valence electrons. The highest BCUT2D eigenvalue weighted by Crippen LogP contribution is 2.22. The summed E-state index contributed by atoms with van der Waals surface area (Å²) in [5.74, 6) is -0.469. The molecule has 0 aliphatic rings. The third-order valence-electron chi connectivity index (χ3n) is 5.72. The van der Waals surface area contributed by atoms with E-state index in [1.807, 2.05) is 33.8 Å². The molecular formula is C25H30N4O5S. The molecule has 35 heavy (non-hydrogen) atoms. The molecule has 1 heterocycles. The second-order valence-corrected chi connectivity index (χ2v) is 9.70. The summed E-state index contributed by atoms with van der Waals surface area (Å²) in [5.41, 5.74) is 7.08. The van der Waals surface area contributed by atoms with Gasteiger partial charge < -0.3 is 4.42 Å². The monoisotopic (exact) mass is 498 g/mol. The van der Waals surface area contributed by atoms with Crippen LogP contribution in [0.4, 0.5) is 5.69 Å². The molecule has 0 aliphatic carbocycles. The van der Waals surface area contributed by atoms with Crippen molar-refractivity contribution in [1.82, 2.24) is 15.8 Å². The fourth-order valence-corrected chi connectivity index (χ4v) is 4.47. The number of sulfonamides is 1. The number of anilines is 1. The Bertz CT molecular complexity index is 1300. The van der Waals surface area contributed by atoms with Crippen molar-refractivity contribution in [1.29, 1.82) is 0 Å². The highest BCUT2D eigenvalue weighted by molar-refractivity contribution is 7.92. The summed E-state index contributed by atoms with van der Waals surface area (Å²) in [6.07, 6.45) is 0. The lowest BCUT2D eigenvalue weighted by Crippen LogP contribution is -2.41. The number of amides is 2. The number of rotatable bonds is 9. The molecule has 2 aromatic carbocycles. The summed E-state index contributed by atoms with van der Waals surface area (Å²) >= 11 is 0. The average molecular weight is 499 g/mol. The first-order valence-corrected chi connectivity index (χ1v) is 12.7. The molecule has 0 bridgehead atoms. The highest BCUT2D eigenvalue weighted by atomic mass is 32.2. The van der Waals surface area contributed by atoms with E-state index < -0.39 is 21.8 Å². The maximum atomic E-state index is 12.7. The number of hydrazine groups is 1. The summed E-state index contributed by atoms with van der Waals surface area (Å²) in [6, 6.07) is 14.0. The number of hydrogen-bond donors (Lipinski definition) is 3. The number of carbonyl (C=O) groups excluding carboxylic acids is 2. The summed E-state index contributed by atoms with van der Waals surface area (Å²) in [6.45, 7) is 10.1. The minimum Gasteiger partial charge on any atom is -0.454 e. The SMILES string of the molecule is CCN(CC)Cc1ccc(C(=O)NNC(=O)c2ccc(S(=O)(=O)Nc3cccc(C)c3C)cc2)o1. The summed E-state index contributed by atoms with van der Waals surface area (Å²) < 4.78 is 33.6. The van der Waals surface area contributed by atoms with Crippen LogP contribution >= 0.6 is 0 Å². The van der Waals surface area contributed by atoms with Gasteiger partial charge >= 0.3 is 5.91 Å². The van der Waals surface area contributed by atoms with Crippen LogP contribution < -0.4 is 15.6 Å². The van der Waals surface area contributed by atoms with Gasteiger partial charge in [0.05, 0.1) is 17.1 Å². The summed E-state index contributed by atoms with van der Waals surface area (Å²) in [4.78, 5) is 26.9. The third kappa shape index (κ3) is 6.49. The van der Waals surface area contributed by atoms with Crippen LogP contribution in [0.3, 0.4) is 0 Å². The van der Waals surface area contributed by atoms with Gasteiger partial charge in [0.1, 0.15) is 5.76 Å². The van der Waals surface area contributed by atoms with Crippen LogP contribution in [0.1, 0.15) is 51.6 Å². The molecule has 0 fully saturated rings. The minimum atomic E-state index is -3.83. The van der Waals surface area contributed by atoms with Gasteiger partial charge in [-0.1, -0.05) is 26.0 Å². The number of nitrogens with one attached hydrogen (secondary N) is 3. The Morgan fingerprint density at radius 3 is 2.20 bits per heavy atom. The Morgan fingerprint density at radius 2 is 1.54 bits per heavy atom. The molecular weight excluding hydrogens is 468 g/mol. The summed E-state index contributed by atoms with van der Waals surface area (Å²) in [7, 11) is -3.83. The van der Waals surface area contributed by atoms with Crippen LogP contribution in [-0.4, -0.2) is 38.2 Å². The lowest BCUT2D eigenvalue weighted by molar-refractivity contribution is 0.0829. The van der Waals surface area contributed by atoms with Crippen LogP contribution in [0.15, 0.2) is 63.9 Å². The van der Waals surface area contributed by atoms with Crippen LogP contribution in [-0.2, 0) is 16.6 Å². The van der Waals surface area contributed by atoms with Crippen LogP contribution in [0.5, 0.6) is 0 Å². The molecule has 0 spiro atoms. The third-order valence-corrected chi connectivity index (χ3v) is 7.11. The van der Waals surface area contributed by atoms with Crippen molar-refractivity contribution in [2.75, 3.05) is 17.8 Å². The molecule has 1 aromatic heterocycles. The number of nitrogens with zero attached hydrogens (tertiary/aromatic N) is 1. The molecule has 10 heteroatoms. The van der Waals surface area contributed by atoms with Gasteiger partial charge in [-0.2, -0.15) is 0 Å².